The van der Waals surface area contributed by atoms with Crippen LogP contribution in [0.1, 0.15) is 32.5 Å². The minimum absolute atomic E-state index is 0.393. The number of anilines is 1. The number of rotatable bonds is 8. The van der Waals surface area contributed by atoms with Crippen LogP contribution in [0.25, 0.3) is 22.6 Å². The molecule has 3 heterocycles. The standard InChI is InChI=1S/C20H25N9O2/c1-4-6-10-29-18-16(19(30)23-20(29)31)28(5-2)15(22-18)12-21-14-9-7-8-13(11-14)17-24-25-26-27(17)3/h7-9,11,21H,4-6,10,12H2,1-3H3,(H,23,30,31). The Labute approximate surface area is 177 Å². The van der Waals surface area contributed by atoms with Crippen LogP contribution in [0.5, 0.6) is 0 Å². The molecule has 0 saturated heterocycles. The molecule has 0 unspecified atom stereocenters. The second-order valence-electron chi connectivity index (χ2n) is 7.27. The summed E-state index contributed by atoms with van der Waals surface area (Å²) in [5.74, 6) is 1.35. The van der Waals surface area contributed by atoms with E-state index in [0.717, 1.165) is 24.1 Å². The van der Waals surface area contributed by atoms with Gasteiger partial charge in [-0.3, -0.25) is 14.3 Å². The van der Waals surface area contributed by atoms with Crippen LogP contribution in [0.4, 0.5) is 5.69 Å². The van der Waals surface area contributed by atoms with Gasteiger partial charge in [-0.15, -0.1) is 5.10 Å². The summed E-state index contributed by atoms with van der Waals surface area (Å²) < 4.78 is 5.01. The molecule has 0 aliphatic heterocycles. The van der Waals surface area contributed by atoms with Crippen molar-refractivity contribution in [1.29, 1.82) is 0 Å². The first-order valence-corrected chi connectivity index (χ1v) is 10.3. The summed E-state index contributed by atoms with van der Waals surface area (Å²) in [5.41, 5.74) is 1.77. The maximum atomic E-state index is 12.5. The zero-order chi connectivity index (χ0) is 22.0. The number of aryl methyl sites for hydroxylation is 3. The molecule has 0 amide bonds. The van der Waals surface area contributed by atoms with Crippen molar-refractivity contribution in [2.24, 2.45) is 7.05 Å². The topological polar surface area (TPSA) is 128 Å². The van der Waals surface area contributed by atoms with E-state index in [-0.39, 0.29) is 0 Å². The lowest BCUT2D eigenvalue weighted by molar-refractivity contribution is 0.613. The molecule has 1 aromatic carbocycles. The molecule has 0 bridgehead atoms. The monoisotopic (exact) mass is 423 g/mol. The Morgan fingerprint density at radius 1 is 1.16 bits per heavy atom. The number of benzene rings is 1. The summed E-state index contributed by atoms with van der Waals surface area (Å²) in [6.07, 6.45) is 1.77. The summed E-state index contributed by atoms with van der Waals surface area (Å²) in [7, 11) is 1.79. The smallest absolute Gasteiger partial charge is 0.330 e. The van der Waals surface area contributed by atoms with Crippen LogP contribution in [-0.2, 0) is 26.7 Å². The molecule has 162 valence electrons. The van der Waals surface area contributed by atoms with Gasteiger partial charge in [0.15, 0.2) is 17.0 Å². The number of hydrogen-bond acceptors (Lipinski definition) is 7. The lowest BCUT2D eigenvalue weighted by Gasteiger charge is -2.09. The third kappa shape index (κ3) is 3.86. The van der Waals surface area contributed by atoms with Crippen molar-refractivity contribution in [2.45, 2.75) is 46.3 Å². The van der Waals surface area contributed by atoms with Gasteiger partial charge in [0.1, 0.15) is 5.82 Å². The number of hydrogen-bond donors (Lipinski definition) is 2. The Bertz CT molecular complexity index is 1330. The van der Waals surface area contributed by atoms with Crippen LogP contribution in [0.2, 0.25) is 0 Å². The van der Waals surface area contributed by atoms with Crippen LogP contribution in [-0.4, -0.2) is 39.3 Å². The van der Waals surface area contributed by atoms with Crippen LogP contribution in [0.15, 0.2) is 33.9 Å². The lowest BCUT2D eigenvalue weighted by Crippen LogP contribution is -2.31. The van der Waals surface area contributed by atoms with Gasteiger partial charge in [0.05, 0.1) is 6.54 Å². The molecule has 3 aromatic heterocycles. The third-order valence-corrected chi connectivity index (χ3v) is 5.21. The Hall–Kier alpha value is -3.76. The average molecular weight is 423 g/mol. The van der Waals surface area contributed by atoms with E-state index in [4.69, 9.17) is 0 Å². The van der Waals surface area contributed by atoms with Gasteiger partial charge in [0, 0.05) is 31.4 Å². The highest BCUT2D eigenvalue weighted by atomic mass is 16.2. The van der Waals surface area contributed by atoms with E-state index in [2.05, 4.69) is 37.7 Å². The van der Waals surface area contributed by atoms with E-state index in [0.29, 0.717) is 42.4 Å². The van der Waals surface area contributed by atoms with E-state index in [9.17, 15) is 9.59 Å². The van der Waals surface area contributed by atoms with Gasteiger partial charge in [-0.2, -0.15) is 0 Å². The van der Waals surface area contributed by atoms with Crippen LogP contribution >= 0.6 is 0 Å². The summed E-state index contributed by atoms with van der Waals surface area (Å²) in [6.45, 7) is 5.48. The second kappa shape index (κ2) is 8.54. The number of nitrogens with one attached hydrogen (secondary N) is 2. The van der Waals surface area contributed by atoms with E-state index >= 15 is 0 Å². The number of nitrogens with zero attached hydrogens (tertiary/aromatic N) is 7. The van der Waals surface area contributed by atoms with E-state index < -0.39 is 11.2 Å². The first-order chi connectivity index (χ1) is 15.0. The van der Waals surface area contributed by atoms with Crippen LogP contribution < -0.4 is 16.6 Å². The third-order valence-electron chi connectivity index (χ3n) is 5.21. The quantitative estimate of drug-likeness (QED) is 0.439. The molecule has 31 heavy (non-hydrogen) atoms. The summed E-state index contributed by atoms with van der Waals surface area (Å²) in [6, 6.07) is 7.75. The molecule has 4 aromatic rings. The predicted octanol–water partition coefficient (Wildman–Crippen LogP) is 1.51. The van der Waals surface area contributed by atoms with Crippen LogP contribution in [0.3, 0.4) is 0 Å². The number of aromatic amines is 1. The molecular formula is C20H25N9O2. The maximum Gasteiger partial charge on any atom is 0.330 e. The highest BCUT2D eigenvalue weighted by Gasteiger charge is 2.17. The number of imidazole rings is 1. The summed E-state index contributed by atoms with van der Waals surface area (Å²) in [4.78, 5) is 32.0. The molecule has 4 rings (SSSR count). The number of H-pyrrole nitrogens is 1. The Morgan fingerprint density at radius 2 is 2.00 bits per heavy atom. The number of aromatic nitrogens is 8. The van der Waals surface area contributed by atoms with Crippen molar-refractivity contribution in [2.75, 3.05) is 5.32 Å². The lowest BCUT2D eigenvalue weighted by atomic mass is 10.2. The molecule has 0 spiro atoms. The maximum absolute atomic E-state index is 12.5. The highest BCUT2D eigenvalue weighted by Crippen LogP contribution is 2.20. The van der Waals surface area contributed by atoms with Gasteiger partial charge in [-0.1, -0.05) is 25.5 Å². The Kier molecular flexibility index (Phi) is 5.65. The molecule has 11 heteroatoms. The minimum atomic E-state index is -0.420. The fourth-order valence-corrected chi connectivity index (χ4v) is 3.64. The van der Waals surface area contributed by atoms with Gasteiger partial charge in [0.2, 0.25) is 0 Å². The minimum Gasteiger partial charge on any atom is -0.378 e. The van der Waals surface area contributed by atoms with Gasteiger partial charge < -0.3 is 9.88 Å². The number of unbranched alkanes of at least 4 members (excludes halogenated alkanes) is 1. The predicted molar refractivity (Wildman–Crippen MR) is 117 cm³/mol. The van der Waals surface area contributed by atoms with Crippen molar-refractivity contribution < 1.29 is 0 Å². The highest BCUT2D eigenvalue weighted by molar-refractivity contribution is 5.71. The molecule has 0 atom stereocenters. The van der Waals surface area contributed by atoms with Gasteiger partial charge in [-0.05, 0) is 35.9 Å². The first-order valence-electron chi connectivity index (χ1n) is 10.3. The fraction of sp³-hybridized carbons (Fsp3) is 0.400. The SMILES string of the molecule is CCCCn1c(=O)[nH]c(=O)c2c1nc(CNc1cccc(-c3nnnn3C)c1)n2CC. The average Bonchev–Trinajstić information content (AvgIpc) is 3.35. The first kappa shape index (κ1) is 20.5. The van der Waals surface area contributed by atoms with Crippen molar-refractivity contribution in [3.8, 4) is 11.4 Å². The molecular weight excluding hydrogens is 398 g/mol. The van der Waals surface area contributed by atoms with Gasteiger partial charge >= 0.3 is 5.69 Å². The van der Waals surface area contributed by atoms with Gasteiger partial charge in [0.25, 0.3) is 5.56 Å². The van der Waals surface area contributed by atoms with E-state index in [1.807, 2.05) is 35.8 Å². The molecule has 0 aliphatic rings. The molecule has 0 fully saturated rings. The molecule has 0 radical (unpaired) electrons. The molecule has 0 saturated carbocycles. The van der Waals surface area contributed by atoms with Crippen molar-refractivity contribution in [1.82, 2.24) is 39.3 Å². The molecule has 11 nitrogen and oxygen atoms in total. The van der Waals surface area contributed by atoms with E-state index in [1.54, 1.807) is 16.3 Å². The Morgan fingerprint density at radius 3 is 2.71 bits per heavy atom. The number of fused-ring (bicyclic) bond motifs is 1. The van der Waals surface area contributed by atoms with Crippen molar-refractivity contribution >= 4 is 16.9 Å². The normalized spacial score (nSPS) is 11.3. The zero-order valence-electron chi connectivity index (χ0n) is 17.8. The number of tetrazole rings is 1. The van der Waals surface area contributed by atoms with Gasteiger partial charge in [-0.25, -0.2) is 14.5 Å². The fourth-order valence-electron chi connectivity index (χ4n) is 3.64. The Balaban J connectivity index is 1.68. The zero-order valence-corrected chi connectivity index (χ0v) is 17.8. The van der Waals surface area contributed by atoms with Crippen LogP contribution in [0, 0.1) is 0 Å². The largest absolute Gasteiger partial charge is 0.378 e. The molecule has 2 N–H and O–H groups in total. The van der Waals surface area contributed by atoms with Crippen molar-refractivity contribution in [3.63, 3.8) is 0 Å². The van der Waals surface area contributed by atoms with E-state index in [1.165, 1.54) is 0 Å². The second-order valence-corrected chi connectivity index (χ2v) is 7.27. The summed E-state index contributed by atoms with van der Waals surface area (Å²) >= 11 is 0. The van der Waals surface area contributed by atoms with Crippen molar-refractivity contribution in [3.05, 3.63) is 50.9 Å². The summed E-state index contributed by atoms with van der Waals surface area (Å²) in [5, 5.41) is 14.9. The molecule has 0 aliphatic carbocycles.